The normalized spacial score (nSPS) is 21.8. The highest BCUT2D eigenvalue weighted by Crippen LogP contribution is 2.38. The first kappa shape index (κ1) is 29.9. The Morgan fingerprint density at radius 3 is 2.71 bits per heavy atom. The van der Waals surface area contributed by atoms with Crippen LogP contribution in [0.25, 0.3) is 0 Å². The lowest BCUT2D eigenvalue weighted by molar-refractivity contribution is -0.0312. The Morgan fingerprint density at radius 1 is 1.17 bits per heavy atom. The lowest BCUT2D eigenvalue weighted by Gasteiger charge is -2.38. The highest BCUT2D eigenvalue weighted by atomic mass is 32.2. The van der Waals surface area contributed by atoms with E-state index in [1.807, 2.05) is 11.9 Å². The summed E-state index contributed by atoms with van der Waals surface area (Å²) in [5.74, 6) is 1.46. The molecule has 0 saturated carbocycles. The number of benzene rings is 1. The standard InChI is InChI=1S/C26H37N5O8S2/c1-27-40(33,34)22-5-3-4-21(12-22)38-18-20(32)15-28-19-14-26(39-17-19)6-8-31(9-7-26)41(35,36)23-13-24-25(29-16-23)30(2)10-11-37-24/h3-5,12-13,16,19-20,27-28,32H,6-11,14-15,17-18H2,1-2H3/t19-,20?/m1/s1. The second-order valence-electron chi connectivity index (χ2n) is 10.6. The van der Waals surface area contributed by atoms with Crippen molar-refractivity contribution >= 4 is 25.9 Å². The average molecular weight is 612 g/mol. The largest absolute Gasteiger partial charge is 0.491 e. The van der Waals surface area contributed by atoms with Gasteiger partial charge in [-0.05, 0) is 38.4 Å². The molecular weight excluding hydrogens is 574 g/mol. The number of fused-ring (bicyclic) bond motifs is 1. The van der Waals surface area contributed by atoms with E-state index >= 15 is 0 Å². The van der Waals surface area contributed by atoms with Crippen molar-refractivity contribution in [2.45, 2.75) is 46.8 Å². The Labute approximate surface area is 240 Å². The number of anilines is 1. The van der Waals surface area contributed by atoms with Gasteiger partial charge in [-0.3, -0.25) is 0 Å². The van der Waals surface area contributed by atoms with E-state index in [1.54, 1.807) is 18.2 Å². The first-order chi connectivity index (χ1) is 19.5. The van der Waals surface area contributed by atoms with Crippen LogP contribution in [0.3, 0.4) is 0 Å². The third-order valence-corrected chi connectivity index (χ3v) is 11.1. The maximum absolute atomic E-state index is 13.3. The van der Waals surface area contributed by atoms with E-state index in [9.17, 15) is 21.9 Å². The molecule has 1 spiro atoms. The van der Waals surface area contributed by atoms with Crippen molar-refractivity contribution < 1.29 is 36.2 Å². The van der Waals surface area contributed by atoms with E-state index in [1.165, 1.54) is 29.7 Å². The van der Waals surface area contributed by atoms with Crippen LogP contribution in [0.2, 0.25) is 0 Å². The van der Waals surface area contributed by atoms with Crippen LogP contribution in [0.5, 0.6) is 11.5 Å². The number of aromatic nitrogens is 1. The number of hydrogen-bond donors (Lipinski definition) is 3. The second-order valence-corrected chi connectivity index (χ2v) is 14.4. The van der Waals surface area contributed by atoms with E-state index in [4.69, 9.17) is 14.2 Å². The molecule has 1 unspecified atom stereocenters. The van der Waals surface area contributed by atoms with Crippen LogP contribution in [-0.2, 0) is 24.8 Å². The van der Waals surface area contributed by atoms with E-state index in [2.05, 4.69) is 15.0 Å². The summed E-state index contributed by atoms with van der Waals surface area (Å²) in [6, 6.07) is 7.64. The summed E-state index contributed by atoms with van der Waals surface area (Å²) in [6.07, 6.45) is 2.42. The molecule has 1 aromatic carbocycles. The van der Waals surface area contributed by atoms with Crippen LogP contribution in [0, 0.1) is 0 Å². The fourth-order valence-corrected chi connectivity index (χ4v) is 7.53. The first-order valence-corrected chi connectivity index (χ1v) is 16.5. The number of hydrogen-bond acceptors (Lipinski definition) is 11. The van der Waals surface area contributed by atoms with Crippen molar-refractivity contribution in [1.82, 2.24) is 19.3 Å². The smallest absolute Gasteiger partial charge is 0.244 e. The Kier molecular flexibility index (Phi) is 8.76. The minimum absolute atomic E-state index is 0.0101. The van der Waals surface area contributed by atoms with Gasteiger partial charge in [0.05, 0.1) is 23.6 Å². The molecule has 3 N–H and O–H groups in total. The van der Waals surface area contributed by atoms with E-state index in [-0.39, 0.29) is 29.0 Å². The molecule has 3 aliphatic rings. The van der Waals surface area contributed by atoms with Gasteiger partial charge in [-0.1, -0.05) is 6.07 Å². The molecule has 2 atom stereocenters. The molecule has 0 aliphatic carbocycles. The molecule has 13 nitrogen and oxygen atoms in total. The lowest BCUT2D eigenvalue weighted by Crippen LogP contribution is -2.47. The highest BCUT2D eigenvalue weighted by molar-refractivity contribution is 7.89. The van der Waals surface area contributed by atoms with Crippen molar-refractivity contribution in [3.8, 4) is 11.5 Å². The molecule has 41 heavy (non-hydrogen) atoms. The van der Waals surface area contributed by atoms with Crippen LogP contribution in [0.1, 0.15) is 19.3 Å². The average Bonchev–Trinajstić information content (AvgIpc) is 3.37. The molecule has 226 valence electrons. The Hall–Kier alpha value is -2.53. The third kappa shape index (κ3) is 6.61. The maximum atomic E-state index is 13.3. The van der Waals surface area contributed by atoms with E-state index < -0.39 is 31.8 Å². The lowest BCUT2D eigenvalue weighted by atomic mass is 9.88. The van der Waals surface area contributed by atoms with Crippen LogP contribution in [-0.4, -0.2) is 109 Å². The van der Waals surface area contributed by atoms with Gasteiger partial charge < -0.3 is 29.5 Å². The van der Waals surface area contributed by atoms with Crippen molar-refractivity contribution in [2.24, 2.45) is 0 Å². The van der Waals surface area contributed by atoms with Gasteiger partial charge in [0.15, 0.2) is 11.6 Å². The van der Waals surface area contributed by atoms with Crippen LogP contribution in [0.4, 0.5) is 5.82 Å². The first-order valence-electron chi connectivity index (χ1n) is 13.6. The van der Waals surface area contributed by atoms with Gasteiger partial charge in [-0.15, -0.1) is 0 Å². The monoisotopic (exact) mass is 611 g/mol. The van der Waals surface area contributed by atoms with Gasteiger partial charge in [0, 0.05) is 51.1 Å². The third-order valence-electron chi connectivity index (χ3n) is 7.80. The predicted octanol–water partition coefficient (Wildman–Crippen LogP) is 0.160. The number of aliphatic hydroxyl groups excluding tert-OH is 1. The second kappa shape index (κ2) is 12.0. The summed E-state index contributed by atoms with van der Waals surface area (Å²) in [5.41, 5.74) is -0.412. The summed E-state index contributed by atoms with van der Waals surface area (Å²) in [5, 5.41) is 13.7. The van der Waals surface area contributed by atoms with Gasteiger partial charge in [-0.2, -0.15) is 4.31 Å². The number of pyridine rings is 1. The number of likely N-dealkylation sites (N-methyl/N-ethyl adjacent to an activating group) is 1. The fourth-order valence-electron chi connectivity index (χ4n) is 5.36. The highest BCUT2D eigenvalue weighted by Gasteiger charge is 2.45. The van der Waals surface area contributed by atoms with Crippen molar-refractivity contribution in [3.05, 3.63) is 36.5 Å². The SMILES string of the molecule is CNS(=O)(=O)c1cccc(OCC(O)CN[C@H]2COC3(CCN(S(=O)(=O)c4cnc5c(c4)OCCN5C)CC3)C2)c1. The molecule has 2 aromatic rings. The molecule has 2 saturated heterocycles. The molecule has 0 bridgehead atoms. The molecule has 1 aromatic heterocycles. The number of piperidine rings is 1. The number of rotatable bonds is 10. The van der Waals surface area contributed by atoms with Gasteiger partial charge in [0.25, 0.3) is 0 Å². The van der Waals surface area contributed by atoms with Crippen LogP contribution >= 0.6 is 0 Å². The number of ether oxygens (including phenoxy) is 3. The molecule has 2 fully saturated rings. The van der Waals surface area contributed by atoms with E-state index in [0.717, 1.165) is 0 Å². The van der Waals surface area contributed by atoms with Gasteiger partial charge >= 0.3 is 0 Å². The Balaban J connectivity index is 1.09. The molecular formula is C26H37N5O8S2. The molecule has 3 aliphatic heterocycles. The van der Waals surface area contributed by atoms with Gasteiger partial charge in [0.2, 0.25) is 20.0 Å². The summed E-state index contributed by atoms with van der Waals surface area (Å²) >= 11 is 0. The Morgan fingerprint density at radius 2 is 1.95 bits per heavy atom. The number of nitrogens with zero attached hydrogens (tertiary/aromatic N) is 3. The molecule has 4 heterocycles. The van der Waals surface area contributed by atoms with Crippen LogP contribution < -0.4 is 24.4 Å². The van der Waals surface area contributed by atoms with Crippen molar-refractivity contribution in [1.29, 1.82) is 0 Å². The summed E-state index contributed by atoms with van der Waals surface area (Å²) < 4.78 is 71.8. The van der Waals surface area contributed by atoms with Crippen LogP contribution in [0.15, 0.2) is 46.3 Å². The minimum atomic E-state index is -3.72. The molecule has 15 heteroatoms. The zero-order chi connectivity index (χ0) is 29.3. The van der Waals surface area contributed by atoms with Gasteiger partial charge in [0.1, 0.15) is 30.0 Å². The molecule has 5 rings (SSSR count). The summed E-state index contributed by atoms with van der Waals surface area (Å²) in [4.78, 5) is 6.48. The number of nitrogens with one attached hydrogen (secondary N) is 2. The molecule has 0 amide bonds. The topological polar surface area (TPSA) is 160 Å². The van der Waals surface area contributed by atoms with E-state index in [0.29, 0.717) is 69.4 Å². The zero-order valence-electron chi connectivity index (χ0n) is 23.2. The number of sulfonamides is 2. The minimum Gasteiger partial charge on any atom is -0.491 e. The summed E-state index contributed by atoms with van der Waals surface area (Å²) in [7, 11) is -4.08. The quantitative estimate of drug-likeness (QED) is 0.336. The Bertz CT molecular complexity index is 1450. The van der Waals surface area contributed by atoms with Gasteiger partial charge in [-0.25, -0.2) is 26.5 Å². The molecule has 0 radical (unpaired) electrons. The van der Waals surface area contributed by atoms with Crippen molar-refractivity contribution in [3.63, 3.8) is 0 Å². The maximum Gasteiger partial charge on any atom is 0.244 e. The number of aliphatic hydroxyl groups is 1. The van der Waals surface area contributed by atoms with Crippen molar-refractivity contribution in [2.75, 3.05) is 65.0 Å². The fraction of sp³-hybridized carbons (Fsp3) is 0.577. The predicted molar refractivity (Wildman–Crippen MR) is 150 cm³/mol. The summed E-state index contributed by atoms with van der Waals surface area (Å²) in [6.45, 7) is 2.57. The zero-order valence-corrected chi connectivity index (χ0v) is 24.8.